The zero-order valence-corrected chi connectivity index (χ0v) is 18.8. The number of fused-ring (bicyclic) bond motifs is 1. The summed E-state index contributed by atoms with van der Waals surface area (Å²) < 4.78 is 1.89. The lowest BCUT2D eigenvalue weighted by atomic mass is 9.81. The highest BCUT2D eigenvalue weighted by atomic mass is 32.1. The number of nitrogens with two attached hydrogens (primary N) is 1. The zero-order valence-electron chi connectivity index (χ0n) is 18.0. The van der Waals surface area contributed by atoms with Gasteiger partial charge in [0.1, 0.15) is 5.82 Å². The number of nitrogens with zero attached hydrogens (tertiary/aromatic N) is 4. The molecule has 4 aromatic rings. The van der Waals surface area contributed by atoms with E-state index in [0.717, 1.165) is 46.7 Å². The second-order valence-electron chi connectivity index (χ2n) is 8.52. The number of nitrogen functional groups attached to an aromatic ring is 1. The molecule has 3 heterocycles. The quantitative estimate of drug-likeness (QED) is 0.443. The molecule has 31 heavy (non-hydrogen) atoms. The van der Waals surface area contributed by atoms with Crippen molar-refractivity contribution in [1.82, 2.24) is 19.5 Å². The van der Waals surface area contributed by atoms with Gasteiger partial charge in [0.25, 0.3) is 0 Å². The highest BCUT2D eigenvalue weighted by Crippen LogP contribution is 2.42. The molecule has 1 saturated carbocycles. The SMILES string of the molecule is CN(C)[C@H]1CC[C@H](c2c(N)nn3c(-c4ccsc4)cnc3c2Nc2ccccc2)CC1. The first-order valence-corrected chi connectivity index (χ1v) is 11.7. The van der Waals surface area contributed by atoms with E-state index < -0.39 is 0 Å². The lowest BCUT2D eigenvalue weighted by Gasteiger charge is -2.33. The van der Waals surface area contributed by atoms with Gasteiger partial charge < -0.3 is 16.0 Å². The average molecular weight is 433 g/mol. The second kappa shape index (κ2) is 8.32. The molecule has 0 saturated heterocycles. The van der Waals surface area contributed by atoms with Crippen molar-refractivity contribution in [3.63, 3.8) is 0 Å². The molecular formula is C24H28N6S. The van der Waals surface area contributed by atoms with E-state index in [1.165, 1.54) is 12.8 Å². The van der Waals surface area contributed by atoms with Crippen LogP contribution in [0.4, 0.5) is 17.2 Å². The summed E-state index contributed by atoms with van der Waals surface area (Å²) in [6, 6.07) is 13.0. The van der Waals surface area contributed by atoms with E-state index in [1.54, 1.807) is 11.3 Å². The number of imidazole rings is 1. The van der Waals surface area contributed by atoms with Crippen molar-refractivity contribution >= 4 is 34.2 Å². The van der Waals surface area contributed by atoms with Gasteiger partial charge in [-0.2, -0.15) is 11.3 Å². The first kappa shape index (κ1) is 20.0. The number of aromatic nitrogens is 3. The molecule has 0 aliphatic heterocycles. The summed E-state index contributed by atoms with van der Waals surface area (Å²) in [4.78, 5) is 7.13. The Balaban J connectivity index is 1.62. The maximum Gasteiger partial charge on any atom is 0.178 e. The molecule has 1 aliphatic carbocycles. The summed E-state index contributed by atoms with van der Waals surface area (Å²) >= 11 is 1.67. The van der Waals surface area contributed by atoms with Gasteiger partial charge >= 0.3 is 0 Å². The molecule has 0 unspecified atom stereocenters. The Kier molecular flexibility index (Phi) is 5.38. The molecule has 0 spiro atoms. The van der Waals surface area contributed by atoms with Crippen LogP contribution in [0.2, 0.25) is 0 Å². The summed E-state index contributed by atoms with van der Waals surface area (Å²) in [5.74, 6) is 0.968. The molecule has 1 aliphatic rings. The molecule has 0 amide bonds. The largest absolute Gasteiger partial charge is 0.382 e. The van der Waals surface area contributed by atoms with Crippen molar-refractivity contribution in [3.05, 3.63) is 58.9 Å². The van der Waals surface area contributed by atoms with Crippen molar-refractivity contribution in [1.29, 1.82) is 0 Å². The molecule has 1 fully saturated rings. The summed E-state index contributed by atoms with van der Waals surface area (Å²) in [5.41, 5.74) is 12.6. The van der Waals surface area contributed by atoms with E-state index in [-0.39, 0.29) is 0 Å². The van der Waals surface area contributed by atoms with Crippen molar-refractivity contribution in [2.75, 3.05) is 25.1 Å². The minimum atomic E-state index is 0.376. The van der Waals surface area contributed by atoms with Gasteiger partial charge in [0.05, 0.1) is 17.6 Å². The summed E-state index contributed by atoms with van der Waals surface area (Å²) in [6.07, 6.45) is 6.44. The van der Waals surface area contributed by atoms with Gasteiger partial charge in [0.15, 0.2) is 5.65 Å². The first-order chi connectivity index (χ1) is 15.1. The van der Waals surface area contributed by atoms with Crippen molar-refractivity contribution in [3.8, 4) is 11.3 Å². The van der Waals surface area contributed by atoms with E-state index in [0.29, 0.717) is 17.8 Å². The molecule has 1 aromatic carbocycles. The fourth-order valence-corrected chi connectivity index (χ4v) is 5.37. The number of nitrogens with one attached hydrogen (secondary N) is 1. The predicted molar refractivity (Wildman–Crippen MR) is 129 cm³/mol. The van der Waals surface area contributed by atoms with Gasteiger partial charge in [-0.1, -0.05) is 18.2 Å². The molecule has 160 valence electrons. The molecule has 0 radical (unpaired) electrons. The second-order valence-corrected chi connectivity index (χ2v) is 9.30. The Hall–Kier alpha value is -2.90. The Labute approximate surface area is 186 Å². The fourth-order valence-electron chi connectivity index (χ4n) is 4.72. The van der Waals surface area contributed by atoms with Crippen LogP contribution in [-0.2, 0) is 0 Å². The third kappa shape index (κ3) is 3.79. The van der Waals surface area contributed by atoms with Gasteiger partial charge in [-0.05, 0) is 69.3 Å². The Morgan fingerprint density at radius 2 is 1.87 bits per heavy atom. The number of rotatable bonds is 5. The minimum absolute atomic E-state index is 0.376. The molecule has 3 N–H and O–H groups in total. The lowest BCUT2D eigenvalue weighted by molar-refractivity contribution is 0.216. The fraction of sp³-hybridized carbons (Fsp3) is 0.333. The molecular weight excluding hydrogens is 404 g/mol. The summed E-state index contributed by atoms with van der Waals surface area (Å²) in [7, 11) is 4.34. The average Bonchev–Trinajstić information content (AvgIpc) is 3.44. The van der Waals surface area contributed by atoms with Gasteiger partial charge in [-0.25, -0.2) is 9.50 Å². The van der Waals surface area contributed by atoms with Crippen molar-refractivity contribution < 1.29 is 0 Å². The Bertz CT molecular complexity index is 1160. The number of hydrogen-bond acceptors (Lipinski definition) is 6. The number of benzene rings is 1. The van der Waals surface area contributed by atoms with E-state index in [4.69, 9.17) is 15.8 Å². The summed E-state index contributed by atoms with van der Waals surface area (Å²) in [5, 5.41) is 12.6. The van der Waals surface area contributed by atoms with Crippen LogP contribution in [0.25, 0.3) is 16.9 Å². The normalized spacial score (nSPS) is 19.2. The van der Waals surface area contributed by atoms with Crippen molar-refractivity contribution in [2.24, 2.45) is 0 Å². The highest BCUT2D eigenvalue weighted by Gasteiger charge is 2.29. The van der Waals surface area contributed by atoms with Crippen LogP contribution in [0.15, 0.2) is 53.4 Å². The number of para-hydroxylation sites is 1. The molecule has 0 bridgehead atoms. The minimum Gasteiger partial charge on any atom is -0.382 e. The Morgan fingerprint density at radius 1 is 1.10 bits per heavy atom. The maximum atomic E-state index is 6.64. The molecule has 3 aromatic heterocycles. The monoisotopic (exact) mass is 432 g/mol. The third-order valence-corrected chi connectivity index (χ3v) is 7.09. The topological polar surface area (TPSA) is 71.5 Å². The highest BCUT2D eigenvalue weighted by molar-refractivity contribution is 7.08. The number of hydrogen-bond donors (Lipinski definition) is 2. The van der Waals surface area contributed by atoms with Gasteiger partial charge in [0.2, 0.25) is 0 Å². The van der Waals surface area contributed by atoms with Crippen LogP contribution in [0.1, 0.15) is 37.2 Å². The number of anilines is 3. The van der Waals surface area contributed by atoms with Crippen LogP contribution in [0.3, 0.4) is 0 Å². The zero-order chi connectivity index (χ0) is 21.4. The van der Waals surface area contributed by atoms with Crippen LogP contribution in [0.5, 0.6) is 0 Å². The lowest BCUT2D eigenvalue weighted by Crippen LogP contribution is -2.32. The van der Waals surface area contributed by atoms with E-state index in [1.807, 2.05) is 28.9 Å². The standard InChI is InChI=1S/C24H28N6S/c1-29(2)19-10-8-16(9-11-19)21-22(27-18-6-4-3-5-7-18)24-26-14-20(17-12-13-31-15-17)30(24)28-23(21)25/h3-7,12-16,19,27H,8-11H2,1-2H3,(H2,25,28)/t16-,19-. The van der Waals surface area contributed by atoms with E-state index in [2.05, 4.69) is 53.3 Å². The third-order valence-electron chi connectivity index (χ3n) is 6.41. The van der Waals surface area contributed by atoms with E-state index in [9.17, 15) is 0 Å². The summed E-state index contributed by atoms with van der Waals surface area (Å²) in [6.45, 7) is 0. The molecule has 5 rings (SSSR count). The van der Waals surface area contributed by atoms with Crippen LogP contribution in [0, 0.1) is 0 Å². The van der Waals surface area contributed by atoms with Crippen LogP contribution < -0.4 is 11.1 Å². The van der Waals surface area contributed by atoms with Gasteiger partial charge in [0, 0.05) is 28.2 Å². The van der Waals surface area contributed by atoms with Crippen LogP contribution >= 0.6 is 11.3 Å². The van der Waals surface area contributed by atoms with Crippen molar-refractivity contribution in [2.45, 2.75) is 37.6 Å². The molecule has 7 heteroatoms. The Morgan fingerprint density at radius 3 is 2.55 bits per heavy atom. The van der Waals surface area contributed by atoms with E-state index >= 15 is 0 Å². The smallest absolute Gasteiger partial charge is 0.178 e. The number of thiophene rings is 1. The first-order valence-electron chi connectivity index (χ1n) is 10.8. The molecule has 0 atom stereocenters. The van der Waals surface area contributed by atoms with Gasteiger partial charge in [-0.15, -0.1) is 5.10 Å². The molecule has 6 nitrogen and oxygen atoms in total. The van der Waals surface area contributed by atoms with Gasteiger partial charge in [-0.3, -0.25) is 0 Å². The van der Waals surface area contributed by atoms with Crippen LogP contribution in [-0.4, -0.2) is 39.6 Å². The predicted octanol–water partition coefficient (Wildman–Crippen LogP) is 5.37. The maximum absolute atomic E-state index is 6.64.